The van der Waals surface area contributed by atoms with Gasteiger partial charge < -0.3 is 15.1 Å². The van der Waals surface area contributed by atoms with Crippen LogP contribution >= 0.6 is 24.0 Å². The number of hydrogen-bond acceptors (Lipinski definition) is 6. The van der Waals surface area contributed by atoms with Crippen LogP contribution in [0.15, 0.2) is 83.8 Å². The average molecular weight is 672 g/mol. The van der Waals surface area contributed by atoms with Gasteiger partial charge in [0.1, 0.15) is 5.54 Å². The summed E-state index contributed by atoms with van der Waals surface area (Å²) in [4.78, 5) is 45.6. The summed E-state index contributed by atoms with van der Waals surface area (Å²) in [6.07, 6.45) is 2.12. The topological polar surface area (TPSA) is 107 Å². The van der Waals surface area contributed by atoms with Crippen molar-refractivity contribution in [2.24, 2.45) is 5.92 Å². The van der Waals surface area contributed by atoms with Crippen molar-refractivity contribution in [3.8, 4) is 0 Å². The summed E-state index contributed by atoms with van der Waals surface area (Å²) in [5, 5.41) is 3.41. The quantitative estimate of drug-likeness (QED) is 0.368. The van der Waals surface area contributed by atoms with Gasteiger partial charge in [0.05, 0.1) is 22.0 Å². The van der Waals surface area contributed by atoms with Crippen molar-refractivity contribution in [1.82, 2.24) is 20.0 Å². The van der Waals surface area contributed by atoms with Crippen molar-refractivity contribution in [2.45, 2.75) is 35.7 Å². The molecule has 0 unspecified atom stereocenters. The van der Waals surface area contributed by atoms with Crippen LogP contribution in [0.3, 0.4) is 0 Å². The van der Waals surface area contributed by atoms with Gasteiger partial charge in [-0.2, -0.15) is 0 Å². The number of benzene rings is 3. The molecule has 45 heavy (non-hydrogen) atoms. The van der Waals surface area contributed by atoms with Crippen molar-refractivity contribution in [1.29, 1.82) is 0 Å². The van der Waals surface area contributed by atoms with Crippen LogP contribution < -0.4 is 5.32 Å². The molecule has 2 atom stereocenters. The molecule has 3 fully saturated rings. The first-order valence-corrected chi connectivity index (χ1v) is 17.1. The lowest BCUT2D eigenvalue weighted by Gasteiger charge is -2.38. The van der Waals surface area contributed by atoms with Gasteiger partial charge in [0.2, 0.25) is 0 Å². The van der Waals surface area contributed by atoms with Gasteiger partial charge in [-0.3, -0.25) is 14.5 Å². The highest BCUT2D eigenvalue weighted by Gasteiger charge is 2.52. The Balaban J connectivity index is 0.00000400. The Morgan fingerprint density at radius 3 is 2.22 bits per heavy atom. The maximum absolute atomic E-state index is 13.6. The van der Waals surface area contributed by atoms with Crippen molar-refractivity contribution in [2.75, 3.05) is 39.0 Å². The minimum atomic E-state index is -3.34. The molecule has 1 N–H and O–H groups in total. The molecule has 3 saturated heterocycles. The second-order valence-electron chi connectivity index (χ2n) is 12.1. The normalized spacial score (nSPS) is 21.6. The summed E-state index contributed by atoms with van der Waals surface area (Å²) in [5.41, 5.74) is 1.44. The SMILES string of the molecule is CS(=O)(=O)c1ccc(CN2C(=O)NC3(CCN(C[C@H]4CN(C(=O)c5ccccc5Cl)C[C@@H]4c4ccccc4)CC3)C2=O)cc1.Cl. The lowest BCUT2D eigenvalue weighted by Crippen LogP contribution is -2.55. The standard InChI is InChI=1S/C33H35ClN4O5S.ClH/c1-44(42,43)26-13-11-23(12-14-26)19-38-31(40)33(35-32(38)41)15-17-36(18-16-33)20-25-21-37(22-28(25)24-7-3-2-4-8-24)30(39)27-9-5-6-10-29(27)34;/h2-14,25,28H,15-22H2,1H3,(H,35,41);1H/t25-,28+;/m0./s1. The number of piperidine rings is 1. The van der Waals surface area contributed by atoms with Gasteiger partial charge in [-0.15, -0.1) is 12.4 Å². The predicted molar refractivity (Wildman–Crippen MR) is 174 cm³/mol. The highest BCUT2D eigenvalue weighted by molar-refractivity contribution is 7.90. The first kappa shape index (κ1) is 32.9. The van der Waals surface area contributed by atoms with Crippen LogP contribution in [0, 0.1) is 5.92 Å². The molecule has 3 aromatic rings. The van der Waals surface area contributed by atoms with Crippen molar-refractivity contribution in [3.05, 3.63) is 101 Å². The monoisotopic (exact) mass is 670 g/mol. The fraction of sp³-hybridized carbons (Fsp3) is 0.364. The minimum absolute atomic E-state index is 0. The van der Waals surface area contributed by atoms with Gasteiger partial charge in [0.15, 0.2) is 9.84 Å². The number of halogens is 2. The van der Waals surface area contributed by atoms with Crippen LogP contribution in [-0.2, 0) is 21.2 Å². The maximum Gasteiger partial charge on any atom is 0.325 e. The van der Waals surface area contributed by atoms with Crippen molar-refractivity contribution in [3.63, 3.8) is 0 Å². The van der Waals surface area contributed by atoms with E-state index in [2.05, 4.69) is 22.3 Å². The van der Waals surface area contributed by atoms with Crippen LogP contribution in [0.1, 0.15) is 40.2 Å². The van der Waals surface area contributed by atoms with Crippen LogP contribution in [0.25, 0.3) is 0 Å². The van der Waals surface area contributed by atoms with E-state index >= 15 is 0 Å². The first-order chi connectivity index (χ1) is 21.0. The second-order valence-corrected chi connectivity index (χ2v) is 14.5. The molecule has 0 saturated carbocycles. The lowest BCUT2D eigenvalue weighted by atomic mass is 9.85. The summed E-state index contributed by atoms with van der Waals surface area (Å²) in [5.74, 6) is 0.0462. The number of nitrogens with zero attached hydrogens (tertiary/aromatic N) is 3. The Hall–Kier alpha value is -3.44. The van der Waals surface area contributed by atoms with Gasteiger partial charge in [0.25, 0.3) is 11.8 Å². The largest absolute Gasteiger partial charge is 0.338 e. The molecule has 12 heteroatoms. The Labute approximate surface area is 274 Å². The van der Waals surface area contributed by atoms with Crippen LogP contribution in [0.2, 0.25) is 5.02 Å². The van der Waals surface area contributed by atoms with E-state index in [0.717, 1.165) is 12.8 Å². The Morgan fingerprint density at radius 2 is 1.58 bits per heavy atom. The number of carbonyl (C=O) groups excluding carboxylic acids is 3. The van der Waals surface area contributed by atoms with E-state index in [4.69, 9.17) is 11.6 Å². The molecular weight excluding hydrogens is 635 g/mol. The molecule has 0 aliphatic carbocycles. The molecule has 3 heterocycles. The van der Waals surface area contributed by atoms with E-state index in [0.29, 0.717) is 55.2 Å². The average Bonchev–Trinajstić information content (AvgIpc) is 3.53. The van der Waals surface area contributed by atoms with Crippen molar-refractivity contribution < 1.29 is 22.8 Å². The molecule has 9 nitrogen and oxygen atoms in total. The third kappa shape index (κ3) is 6.74. The van der Waals surface area contributed by atoms with Gasteiger partial charge >= 0.3 is 6.03 Å². The fourth-order valence-electron chi connectivity index (χ4n) is 6.74. The van der Waals surface area contributed by atoms with E-state index in [1.165, 1.54) is 22.6 Å². The highest BCUT2D eigenvalue weighted by Crippen LogP contribution is 2.37. The number of nitrogens with one attached hydrogen (secondary N) is 1. The molecule has 1 spiro atoms. The number of likely N-dealkylation sites (tertiary alicyclic amines) is 2. The summed E-state index contributed by atoms with van der Waals surface area (Å²) in [6.45, 7) is 3.33. The second kappa shape index (κ2) is 13.1. The molecule has 6 rings (SSSR count). The van der Waals surface area contributed by atoms with E-state index < -0.39 is 21.4 Å². The zero-order valence-electron chi connectivity index (χ0n) is 24.9. The summed E-state index contributed by atoms with van der Waals surface area (Å²) in [7, 11) is -3.34. The van der Waals surface area contributed by atoms with E-state index in [-0.39, 0.29) is 47.5 Å². The third-order valence-electron chi connectivity index (χ3n) is 9.20. The van der Waals surface area contributed by atoms with Gasteiger partial charge in [-0.25, -0.2) is 13.2 Å². The highest BCUT2D eigenvalue weighted by atomic mass is 35.5. The number of imide groups is 1. The Morgan fingerprint density at radius 1 is 0.933 bits per heavy atom. The molecule has 0 radical (unpaired) electrons. The molecule has 3 aliphatic rings. The molecule has 0 aromatic heterocycles. The molecule has 3 aliphatic heterocycles. The van der Waals surface area contributed by atoms with E-state index in [1.807, 2.05) is 35.2 Å². The zero-order chi connectivity index (χ0) is 31.1. The van der Waals surface area contributed by atoms with Crippen LogP contribution in [0.4, 0.5) is 4.79 Å². The van der Waals surface area contributed by atoms with Crippen molar-refractivity contribution >= 4 is 51.7 Å². The molecule has 238 valence electrons. The number of amides is 4. The fourth-order valence-corrected chi connectivity index (χ4v) is 7.58. The number of urea groups is 1. The summed E-state index contributed by atoms with van der Waals surface area (Å²) >= 11 is 6.36. The minimum Gasteiger partial charge on any atom is -0.338 e. The molecule has 0 bridgehead atoms. The number of sulfone groups is 1. The number of rotatable bonds is 7. The Bertz CT molecular complexity index is 1680. The first-order valence-electron chi connectivity index (χ1n) is 14.8. The lowest BCUT2D eigenvalue weighted by molar-refractivity contribution is -0.133. The maximum atomic E-state index is 13.6. The summed E-state index contributed by atoms with van der Waals surface area (Å²) < 4.78 is 23.6. The molecule has 3 aromatic carbocycles. The van der Waals surface area contributed by atoms with Gasteiger partial charge in [0, 0.05) is 44.9 Å². The number of carbonyl (C=O) groups is 3. The zero-order valence-corrected chi connectivity index (χ0v) is 27.3. The number of hydrogen-bond donors (Lipinski definition) is 1. The van der Waals surface area contributed by atoms with Gasteiger partial charge in [-0.05, 0) is 54.2 Å². The Kier molecular flexibility index (Phi) is 9.60. The van der Waals surface area contributed by atoms with Gasteiger partial charge in [-0.1, -0.05) is 66.2 Å². The van der Waals surface area contributed by atoms with Crippen LogP contribution in [-0.4, -0.2) is 85.5 Å². The smallest absolute Gasteiger partial charge is 0.325 e. The van der Waals surface area contributed by atoms with E-state index in [9.17, 15) is 22.8 Å². The van der Waals surface area contributed by atoms with E-state index in [1.54, 1.807) is 24.3 Å². The molecule has 4 amide bonds. The van der Waals surface area contributed by atoms with Crippen LogP contribution in [0.5, 0.6) is 0 Å². The predicted octanol–water partition coefficient (Wildman–Crippen LogP) is 4.61. The molecular formula is C33H36Cl2N4O5S. The summed E-state index contributed by atoms with van der Waals surface area (Å²) in [6, 6.07) is 23.2. The third-order valence-corrected chi connectivity index (χ3v) is 10.7.